The minimum Gasteiger partial charge on any atom is -0.486 e. The Balaban J connectivity index is 0.00000144. The number of fused-ring (bicyclic) bond motifs is 1. The van der Waals surface area contributed by atoms with Gasteiger partial charge in [-0.3, -0.25) is 0 Å². The number of rotatable bonds is 5. The molecule has 0 aromatic heterocycles. The van der Waals surface area contributed by atoms with Crippen molar-refractivity contribution in [2.24, 2.45) is 0 Å². The number of benzene rings is 1. The van der Waals surface area contributed by atoms with Gasteiger partial charge in [-0.1, -0.05) is 12.1 Å². The van der Waals surface area contributed by atoms with E-state index in [0.29, 0.717) is 12.5 Å². The van der Waals surface area contributed by atoms with Crippen LogP contribution in [0.5, 0.6) is 11.5 Å². The molecule has 0 saturated carbocycles. The van der Waals surface area contributed by atoms with Gasteiger partial charge in [0.25, 0.3) is 0 Å². The van der Waals surface area contributed by atoms with Crippen molar-refractivity contribution in [1.82, 2.24) is 5.32 Å². The van der Waals surface area contributed by atoms with E-state index in [1.165, 1.54) is 0 Å². The van der Waals surface area contributed by atoms with E-state index in [0.717, 1.165) is 31.0 Å². The molecule has 0 amide bonds. The zero-order valence-corrected chi connectivity index (χ0v) is 11.1. The standard InChI is InChI=1S/C12H16ClNO2.ClH/c13-6-3-7-14-8-10-9-15-11-4-1-2-5-12(11)16-10;/h1-2,4-5,10,14H,3,6-9H2;1H. The molecule has 1 atom stereocenters. The fraction of sp³-hybridized carbons (Fsp3) is 0.500. The predicted octanol–water partition coefficient (Wildman–Crippen LogP) is 2.47. The van der Waals surface area contributed by atoms with E-state index in [9.17, 15) is 0 Å². The van der Waals surface area contributed by atoms with E-state index >= 15 is 0 Å². The molecule has 1 unspecified atom stereocenters. The topological polar surface area (TPSA) is 30.5 Å². The van der Waals surface area contributed by atoms with Crippen molar-refractivity contribution >= 4 is 24.0 Å². The molecule has 17 heavy (non-hydrogen) atoms. The number of ether oxygens (including phenoxy) is 2. The van der Waals surface area contributed by atoms with E-state index in [4.69, 9.17) is 21.1 Å². The summed E-state index contributed by atoms with van der Waals surface area (Å²) in [4.78, 5) is 0. The van der Waals surface area contributed by atoms with Gasteiger partial charge < -0.3 is 14.8 Å². The van der Waals surface area contributed by atoms with E-state index in [2.05, 4.69) is 5.32 Å². The lowest BCUT2D eigenvalue weighted by atomic mass is 10.2. The van der Waals surface area contributed by atoms with E-state index in [1.54, 1.807) is 0 Å². The summed E-state index contributed by atoms with van der Waals surface area (Å²) in [7, 11) is 0. The number of hydrogen-bond donors (Lipinski definition) is 1. The molecule has 0 fully saturated rings. The molecule has 1 heterocycles. The number of alkyl halides is 1. The Kier molecular flexibility index (Phi) is 6.48. The monoisotopic (exact) mass is 277 g/mol. The van der Waals surface area contributed by atoms with Gasteiger partial charge in [0.1, 0.15) is 12.7 Å². The van der Waals surface area contributed by atoms with Crippen molar-refractivity contribution in [2.45, 2.75) is 12.5 Å². The fourth-order valence-electron chi connectivity index (χ4n) is 1.62. The maximum atomic E-state index is 5.79. The normalized spacial score (nSPS) is 17.4. The third-order valence-corrected chi connectivity index (χ3v) is 2.69. The lowest BCUT2D eigenvalue weighted by Gasteiger charge is -2.26. The van der Waals surface area contributed by atoms with Gasteiger partial charge >= 0.3 is 0 Å². The van der Waals surface area contributed by atoms with Gasteiger partial charge in [-0.05, 0) is 25.1 Å². The molecule has 0 saturated heterocycles. The van der Waals surface area contributed by atoms with Gasteiger partial charge in [0.05, 0.1) is 0 Å². The van der Waals surface area contributed by atoms with Crippen molar-refractivity contribution in [3.63, 3.8) is 0 Å². The van der Waals surface area contributed by atoms with Crippen molar-refractivity contribution in [3.8, 4) is 11.5 Å². The summed E-state index contributed by atoms with van der Waals surface area (Å²) < 4.78 is 11.4. The molecule has 2 rings (SSSR count). The van der Waals surface area contributed by atoms with Crippen LogP contribution in [0.25, 0.3) is 0 Å². The predicted molar refractivity (Wildman–Crippen MR) is 71.8 cm³/mol. The maximum Gasteiger partial charge on any atom is 0.161 e. The van der Waals surface area contributed by atoms with Crippen LogP contribution in [0.15, 0.2) is 24.3 Å². The maximum absolute atomic E-state index is 5.79. The van der Waals surface area contributed by atoms with Crippen LogP contribution >= 0.6 is 24.0 Å². The number of para-hydroxylation sites is 2. The third-order valence-electron chi connectivity index (χ3n) is 2.43. The van der Waals surface area contributed by atoms with Crippen molar-refractivity contribution in [1.29, 1.82) is 0 Å². The molecule has 1 aliphatic rings. The summed E-state index contributed by atoms with van der Waals surface area (Å²) in [5, 5.41) is 3.30. The van der Waals surface area contributed by atoms with Crippen LogP contribution < -0.4 is 14.8 Å². The van der Waals surface area contributed by atoms with Gasteiger partial charge in [-0.2, -0.15) is 0 Å². The van der Waals surface area contributed by atoms with Crippen LogP contribution in [0.3, 0.4) is 0 Å². The molecule has 0 radical (unpaired) electrons. The molecule has 1 aliphatic heterocycles. The molecule has 1 N–H and O–H groups in total. The molecule has 1 aromatic rings. The molecular weight excluding hydrogens is 261 g/mol. The van der Waals surface area contributed by atoms with E-state index < -0.39 is 0 Å². The first-order valence-corrected chi connectivity index (χ1v) is 6.09. The lowest BCUT2D eigenvalue weighted by Crippen LogP contribution is -2.38. The molecule has 0 bridgehead atoms. The SMILES string of the molecule is Cl.ClCCCNCC1COc2ccccc2O1. The zero-order chi connectivity index (χ0) is 11.2. The molecule has 3 nitrogen and oxygen atoms in total. The fourth-order valence-corrected chi connectivity index (χ4v) is 1.75. The molecule has 0 aliphatic carbocycles. The first-order chi connectivity index (χ1) is 7.90. The Morgan fingerprint density at radius 1 is 1.29 bits per heavy atom. The Labute approximate surface area is 113 Å². The molecular formula is C12H17Cl2NO2. The second kappa shape index (κ2) is 7.64. The third kappa shape index (κ3) is 4.26. The Hall–Kier alpha value is -0.640. The second-order valence-electron chi connectivity index (χ2n) is 3.74. The van der Waals surface area contributed by atoms with E-state index in [1.807, 2.05) is 24.3 Å². The summed E-state index contributed by atoms with van der Waals surface area (Å²) in [6.07, 6.45) is 1.07. The lowest BCUT2D eigenvalue weighted by molar-refractivity contribution is 0.0906. The molecule has 0 spiro atoms. The Morgan fingerprint density at radius 2 is 2.06 bits per heavy atom. The van der Waals surface area contributed by atoms with Crippen LogP contribution in [0.4, 0.5) is 0 Å². The highest BCUT2D eigenvalue weighted by molar-refractivity contribution is 6.17. The van der Waals surface area contributed by atoms with Crippen LogP contribution in [-0.2, 0) is 0 Å². The molecule has 96 valence electrons. The summed E-state index contributed by atoms with van der Waals surface area (Å²) >= 11 is 5.59. The summed E-state index contributed by atoms with van der Waals surface area (Å²) in [6, 6.07) is 7.75. The average Bonchev–Trinajstić information content (AvgIpc) is 2.34. The van der Waals surface area contributed by atoms with Crippen LogP contribution in [-0.4, -0.2) is 31.7 Å². The smallest absolute Gasteiger partial charge is 0.161 e. The van der Waals surface area contributed by atoms with Crippen molar-refractivity contribution in [3.05, 3.63) is 24.3 Å². The van der Waals surface area contributed by atoms with Crippen molar-refractivity contribution in [2.75, 3.05) is 25.6 Å². The van der Waals surface area contributed by atoms with Crippen LogP contribution in [0.1, 0.15) is 6.42 Å². The number of nitrogens with one attached hydrogen (secondary N) is 1. The van der Waals surface area contributed by atoms with E-state index in [-0.39, 0.29) is 18.5 Å². The highest BCUT2D eigenvalue weighted by atomic mass is 35.5. The minimum absolute atomic E-state index is 0. The van der Waals surface area contributed by atoms with Gasteiger partial charge in [0.15, 0.2) is 11.5 Å². The average molecular weight is 278 g/mol. The quantitative estimate of drug-likeness (QED) is 0.663. The van der Waals surface area contributed by atoms with Crippen LogP contribution in [0, 0.1) is 0 Å². The van der Waals surface area contributed by atoms with Gasteiger partial charge in [0, 0.05) is 12.4 Å². The van der Waals surface area contributed by atoms with Gasteiger partial charge in [0.2, 0.25) is 0 Å². The summed E-state index contributed by atoms with van der Waals surface area (Å²) in [5.74, 6) is 2.36. The minimum atomic E-state index is 0. The summed E-state index contributed by atoms with van der Waals surface area (Å²) in [6.45, 7) is 2.32. The first-order valence-electron chi connectivity index (χ1n) is 5.55. The first kappa shape index (κ1) is 14.4. The van der Waals surface area contributed by atoms with Gasteiger partial charge in [-0.15, -0.1) is 24.0 Å². The number of halogens is 2. The summed E-state index contributed by atoms with van der Waals surface area (Å²) in [5.41, 5.74) is 0. The second-order valence-corrected chi connectivity index (χ2v) is 4.12. The van der Waals surface area contributed by atoms with Crippen LogP contribution in [0.2, 0.25) is 0 Å². The number of hydrogen-bond acceptors (Lipinski definition) is 3. The van der Waals surface area contributed by atoms with Crippen molar-refractivity contribution < 1.29 is 9.47 Å². The highest BCUT2D eigenvalue weighted by Gasteiger charge is 2.19. The largest absolute Gasteiger partial charge is 0.486 e. The Morgan fingerprint density at radius 3 is 2.82 bits per heavy atom. The zero-order valence-electron chi connectivity index (χ0n) is 9.52. The molecule has 5 heteroatoms. The highest BCUT2D eigenvalue weighted by Crippen LogP contribution is 2.30. The molecule has 1 aromatic carbocycles. The Bertz CT molecular complexity index is 336. The van der Waals surface area contributed by atoms with Gasteiger partial charge in [-0.25, -0.2) is 0 Å².